The molecule has 0 unspecified atom stereocenters. The summed E-state index contributed by atoms with van der Waals surface area (Å²) in [6.07, 6.45) is 0.815. The molecule has 26 heavy (non-hydrogen) atoms. The standard InChI is InChI=1S/C20H22O5S/c1-2-9-18-20(24-14-16-10-5-3-6-11-16)19(15-23-18)25-26(21,22)17-12-7-4-8-13-17/h2-8,10-13,18-20H,1,9,14-15H2/t18-,19+,20+/m1/s1. The highest BCUT2D eigenvalue weighted by atomic mass is 32.2. The molecule has 2 aromatic carbocycles. The SMILES string of the molecule is C=CC[C@H]1OC[C@H](OS(=O)(=O)c2ccccc2)[C@H]1OCc1ccccc1. The van der Waals surface area contributed by atoms with Gasteiger partial charge in [-0.1, -0.05) is 54.6 Å². The van der Waals surface area contributed by atoms with Crippen LogP contribution >= 0.6 is 0 Å². The summed E-state index contributed by atoms with van der Waals surface area (Å²) < 4.78 is 42.2. The van der Waals surface area contributed by atoms with Gasteiger partial charge in [0.1, 0.15) is 12.2 Å². The predicted octanol–water partition coefficient (Wildman–Crippen LogP) is 3.32. The highest BCUT2D eigenvalue weighted by Crippen LogP contribution is 2.27. The Bertz CT molecular complexity index is 805. The summed E-state index contributed by atoms with van der Waals surface area (Å²) in [5.41, 5.74) is 1.00. The molecule has 3 atom stereocenters. The first-order chi connectivity index (χ1) is 12.6. The van der Waals surface area contributed by atoms with Crippen LogP contribution in [0.25, 0.3) is 0 Å². The van der Waals surface area contributed by atoms with E-state index in [4.69, 9.17) is 13.7 Å². The minimum Gasteiger partial charge on any atom is -0.372 e. The molecule has 5 nitrogen and oxygen atoms in total. The lowest BCUT2D eigenvalue weighted by Crippen LogP contribution is -2.36. The molecule has 0 N–H and O–H groups in total. The summed E-state index contributed by atoms with van der Waals surface area (Å²) >= 11 is 0. The van der Waals surface area contributed by atoms with Crippen molar-refractivity contribution in [1.29, 1.82) is 0 Å². The molecule has 1 heterocycles. The van der Waals surface area contributed by atoms with Gasteiger partial charge in [-0.25, -0.2) is 0 Å². The normalized spacial score (nSPS) is 23.0. The van der Waals surface area contributed by atoms with Crippen LogP contribution in [0.1, 0.15) is 12.0 Å². The van der Waals surface area contributed by atoms with Crippen LogP contribution in [0.3, 0.4) is 0 Å². The first-order valence-corrected chi connectivity index (χ1v) is 9.87. The van der Waals surface area contributed by atoms with Gasteiger partial charge in [-0.2, -0.15) is 8.42 Å². The zero-order valence-electron chi connectivity index (χ0n) is 14.4. The zero-order chi connectivity index (χ0) is 18.4. The molecule has 3 rings (SSSR count). The van der Waals surface area contributed by atoms with Crippen molar-refractivity contribution in [2.45, 2.75) is 36.2 Å². The maximum Gasteiger partial charge on any atom is 0.297 e. The first-order valence-electron chi connectivity index (χ1n) is 8.46. The second kappa shape index (κ2) is 8.60. The average Bonchev–Trinajstić information content (AvgIpc) is 3.03. The highest BCUT2D eigenvalue weighted by molar-refractivity contribution is 7.86. The third kappa shape index (κ3) is 4.59. The van der Waals surface area contributed by atoms with Crippen molar-refractivity contribution >= 4 is 10.1 Å². The van der Waals surface area contributed by atoms with Gasteiger partial charge in [0.2, 0.25) is 0 Å². The maximum atomic E-state index is 12.5. The van der Waals surface area contributed by atoms with E-state index in [-0.39, 0.29) is 17.6 Å². The van der Waals surface area contributed by atoms with Gasteiger partial charge in [-0.3, -0.25) is 4.18 Å². The number of benzene rings is 2. The summed E-state index contributed by atoms with van der Waals surface area (Å²) in [5.74, 6) is 0. The Morgan fingerprint density at radius 1 is 1.08 bits per heavy atom. The number of rotatable bonds is 8. The van der Waals surface area contributed by atoms with E-state index in [0.717, 1.165) is 5.56 Å². The third-order valence-corrected chi connectivity index (χ3v) is 5.52. The van der Waals surface area contributed by atoms with Crippen LogP contribution in [-0.4, -0.2) is 33.3 Å². The fourth-order valence-electron chi connectivity index (χ4n) is 2.88. The van der Waals surface area contributed by atoms with Gasteiger partial charge in [-0.05, 0) is 24.1 Å². The lowest BCUT2D eigenvalue weighted by molar-refractivity contribution is -0.0383. The molecule has 6 heteroatoms. The van der Waals surface area contributed by atoms with Gasteiger partial charge in [0.15, 0.2) is 0 Å². The molecule has 0 spiro atoms. The van der Waals surface area contributed by atoms with E-state index in [1.54, 1.807) is 24.3 Å². The van der Waals surface area contributed by atoms with Crippen molar-refractivity contribution in [2.75, 3.05) is 6.61 Å². The van der Waals surface area contributed by atoms with Crippen molar-refractivity contribution in [3.8, 4) is 0 Å². The maximum absolute atomic E-state index is 12.5. The van der Waals surface area contributed by atoms with Crippen molar-refractivity contribution in [3.63, 3.8) is 0 Å². The summed E-state index contributed by atoms with van der Waals surface area (Å²) in [6, 6.07) is 17.8. The molecule has 0 saturated carbocycles. The summed E-state index contributed by atoms with van der Waals surface area (Å²) in [5, 5.41) is 0. The van der Waals surface area contributed by atoms with Crippen molar-refractivity contribution in [3.05, 3.63) is 78.9 Å². The molecule has 0 aromatic heterocycles. The van der Waals surface area contributed by atoms with Gasteiger partial charge >= 0.3 is 0 Å². The summed E-state index contributed by atoms with van der Waals surface area (Å²) in [4.78, 5) is 0.119. The third-order valence-electron chi connectivity index (χ3n) is 4.17. The molecular formula is C20H22O5S. The van der Waals surface area contributed by atoms with Crippen molar-refractivity contribution < 1.29 is 22.1 Å². The molecule has 1 fully saturated rings. The van der Waals surface area contributed by atoms with Crippen molar-refractivity contribution in [2.24, 2.45) is 0 Å². The van der Waals surface area contributed by atoms with Crippen LogP contribution in [0.2, 0.25) is 0 Å². The Labute approximate surface area is 154 Å². The van der Waals surface area contributed by atoms with Crippen LogP contribution in [0.4, 0.5) is 0 Å². The molecule has 1 aliphatic rings. The fourth-order valence-corrected chi connectivity index (χ4v) is 3.98. The second-order valence-electron chi connectivity index (χ2n) is 6.06. The van der Waals surface area contributed by atoms with Crippen molar-refractivity contribution in [1.82, 2.24) is 0 Å². The average molecular weight is 374 g/mol. The highest BCUT2D eigenvalue weighted by Gasteiger charge is 2.41. The largest absolute Gasteiger partial charge is 0.372 e. The number of hydrogen-bond acceptors (Lipinski definition) is 5. The molecule has 1 saturated heterocycles. The summed E-state index contributed by atoms with van der Waals surface area (Å²) in [6.45, 7) is 4.24. The topological polar surface area (TPSA) is 61.8 Å². The van der Waals surface area contributed by atoms with E-state index >= 15 is 0 Å². The molecule has 0 aliphatic carbocycles. The number of ether oxygens (including phenoxy) is 2. The molecule has 0 bridgehead atoms. The lowest BCUT2D eigenvalue weighted by Gasteiger charge is -2.22. The van der Waals surface area contributed by atoms with Gasteiger partial charge in [0, 0.05) is 0 Å². The van der Waals surface area contributed by atoms with E-state index in [1.807, 2.05) is 30.3 Å². The van der Waals surface area contributed by atoms with Crippen LogP contribution in [0.15, 0.2) is 78.2 Å². The van der Waals surface area contributed by atoms with Crippen LogP contribution in [0, 0.1) is 0 Å². The molecule has 138 valence electrons. The summed E-state index contributed by atoms with van der Waals surface area (Å²) in [7, 11) is -3.88. The molecule has 0 amide bonds. The van der Waals surface area contributed by atoms with E-state index < -0.39 is 22.3 Å². The Balaban J connectivity index is 1.73. The quantitative estimate of drug-likeness (QED) is 0.524. The van der Waals surface area contributed by atoms with E-state index in [0.29, 0.717) is 13.0 Å². The van der Waals surface area contributed by atoms with Crippen LogP contribution < -0.4 is 0 Å². The Morgan fingerprint density at radius 3 is 2.38 bits per heavy atom. The molecule has 2 aromatic rings. The van der Waals surface area contributed by atoms with Crippen LogP contribution in [0.5, 0.6) is 0 Å². The Hall–Kier alpha value is -1.99. The second-order valence-corrected chi connectivity index (χ2v) is 7.63. The monoisotopic (exact) mass is 374 g/mol. The van der Waals surface area contributed by atoms with Gasteiger partial charge in [0.25, 0.3) is 10.1 Å². The Morgan fingerprint density at radius 2 is 1.73 bits per heavy atom. The van der Waals surface area contributed by atoms with E-state index in [1.165, 1.54) is 12.1 Å². The fraction of sp³-hybridized carbons (Fsp3) is 0.300. The van der Waals surface area contributed by atoms with Crippen LogP contribution in [-0.2, 0) is 30.4 Å². The predicted molar refractivity (Wildman–Crippen MR) is 98.1 cm³/mol. The minimum absolute atomic E-state index is 0.119. The van der Waals surface area contributed by atoms with E-state index in [9.17, 15) is 8.42 Å². The number of hydrogen-bond donors (Lipinski definition) is 0. The first kappa shape index (κ1) is 18.8. The lowest BCUT2D eigenvalue weighted by atomic mass is 10.1. The smallest absolute Gasteiger partial charge is 0.297 e. The minimum atomic E-state index is -3.88. The zero-order valence-corrected chi connectivity index (χ0v) is 15.2. The molecule has 0 radical (unpaired) electrons. The van der Waals surface area contributed by atoms with Gasteiger partial charge in [0.05, 0.1) is 24.2 Å². The Kier molecular flexibility index (Phi) is 6.21. The van der Waals surface area contributed by atoms with E-state index in [2.05, 4.69) is 6.58 Å². The molecule has 1 aliphatic heterocycles. The van der Waals surface area contributed by atoms with Gasteiger partial charge in [-0.15, -0.1) is 6.58 Å². The molecular weight excluding hydrogens is 352 g/mol. The van der Waals surface area contributed by atoms with Gasteiger partial charge < -0.3 is 9.47 Å².